The summed E-state index contributed by atoms with van der Waals surface area (Å²) in [7, 11) is 0. The van der Waals surface area contributed by atoms with Crippen LogP contribution in [-0.2, 0) is 14.3 Å². The summed E-state index contributed by atoms with van der Waals surface area (Å²) in [5.74, 6) is -1.27. The minimum absolute atomic E-state index is 0.177. The van der Waals surface area contributed by atoms with E-state index in [9.17, 15) is 9.59 Å². The molecule has 0 radical (unpaired) electrons. The van der Waals surface area contributed by atoms with E-state index in [0.717, 1.165) is 25.7 Å². The minimum atomic E-state index is -1.05. The molecule has 0 aromatic carbocycles. The van der Waals surface area contributed by atoms with Crippen molar-refractivity contribution >= 4 is 11.9 Å². The van der Waals surface area contributed by atoms with Gasteiger partial charge in [0.15, 0.2) is 6.10 Å². The van der Waals surface area contributed by atoms with Crippen molar-refractivity contribution in [2.75, 3.05) is 6.61 Å². The van der Waals surface area contributed by atoms with Crippen molar-refractivity contribution in [1.82, 2.24) is 5.32 Å². The number of nitrogens with one attached hydrogen (secondary N) is 1. The summed E-state index contributed by atoms with van der Waals surface area (Å²) in [4.78, 5) is 21.9. The molecule has 1 aliphatic carbocycles. The molecule has 5 heteroatoms. The van der Waals surface area contributed by atoms with Gasteiger partial charge in [-0.2, -0.15) is 0 Å². The Balaban J connectivity index is 2.17. The lowest BCUT2D eigenvalue weighted by Gasteiger charge is -2.22. The van der Waals surface area contributed by atoms with E-state index in [1.54, 1.807) is 0 Å². The third-order valence-corrected chi connectivity index (χ3v) is 2.78. The number of ether oxygens (including phenoxy) is 1. The predicted octanol–water partition coefficient (Wildman–Crippen LogP) is 0.925. The smallest absolute Gasteiger partial charge is 0.332 e. The molecule has 1 fully saturated rings. The maximum absolute atomic E-state index is 11.4. The van der Waals surface area contributed by atoms with Crippen molar-refractivity contribution in [1.29, 1.82) is 0 Å². The highest BCUT2D eigenvalue weighted by Crippen LogP contribution is 2.17. The fourth-order valence-electron chi connectivity index (χ4n) is 1.79. The van der Waals surface area contributed by atoms with E-state index in [-0.39, 0.29) is 18.6 Å². The summed E-state index contributed by atoms with van der Waals surface area (Å²) in [6.07, 6.45) is 4.63. The molecule has 0 heterocycles. The van der Waals surface area contributed by atoms with Crippen LogP contribution in [0.2, 0.25) is 0 Å². The lowest BCUT2D eigenvalue weighted by Crippen LogP contribution is -2.39. The van der Waals surface area contributed by atoms with Gasteiger partial charge in [0.25, 0.3) is 0 Å². The van der Waals surface area contributed by atoms with Crippen LogP contribution in [0.5, 0.6) is 0 Å². The third kappa shape index (κ3) is 4.61. The van der Waals surface area contributed by atoms with Gasteiger partial charge in [0.1, 0.15) is 6.61 Å². The number of carbonyl (C=O) groups is 2. The maximum Gasteiger partial charge on any atom is 0.332 e. The average molecular weight is 229 g/mol. The van der Waals surface area contributed by atoms with Crippen LogP contribution in [0, 0.1) is 0 Å². The number of carboxylic acids is 1. The third-order valence-electron chi connectivity index (χ3n) is 2.78. The lowest BCUT2D eigenvalue weighted by atomic mass is 9.95. The Labute approximate surface area is 95.2 Å². The van der Waals surface area contributed by atoms with Gasteiger partial charge in [-0.15, -0.1) is 0 Å². The van der Waals surface area contributed by atoms with Crippen molar-refractivity contribution in [3.8, 4) is 0 Å². The van der Waals surface area contributed by atoms with Gasteiger partial charge >= 0.3 is 5.97 Å². The Kier molecular flexibility index (Phi) is 5.25. The summed E-state index contributed by atoms with van der Waals surface area (Å²) in [5, 5.41) is 11.4. The zero-order chi connectivity index (χ0) is 12.0. The number of aliphatic carboxylic acids is 1. The van der Waals surface area contributed by atoms with Gasteiger partial charge in [0, 0.05) is 6.04 Å². The second kappa shape index (κ2) is 6.48. The molecule has 0 spiro atoms. The van der Waals surface area contributed by atoms with E-state index >= 15 is 0 Å². The van der Waals surface area contributed by atoms with Crippen molar-refractivity contribution in [3.63, 3.8) is 0 Å². The van der Waals surface area contributed by atoms with Gasteiger partial charge in [-0.1, -0.05) is 19.3 Å². The topological polar surface area (TPSA) is 75.6 Å². The molecule has 5 nitrogen and oxygen atoms in total. The molecule has 1 amide bonds. The second-order valence-corrected chi connectivity index (χ2v) is 4.19. The van der Waals surface area contributed by atoms with E-state index in [0.29, 0.717) is 0 Å². The molecular formula is C11H19NO4. The number of amides is 1. The maximum atomic E-state index is 11.4. The molecule has 92 valence electrons. The van der Waals surface area contributed by atoms with Crippen LogP contribution in [0.4, 0.5) is 0 Å². The standard InChI is InChI=1S/C11H19NO4/c1-8(11(14)15)16-7-10(13)12-9-5-3-2-4-6-9/h8-9H,2-7H2,1H3,(H,12,13)(H,14,15). The highest BCUT2D eigenvalue weighted by molar-refractivity contribution is 5.78. The Hall–Kier alpha value is -1.10. The first-order chi connectivity index (χ1) is 7.59. The summed E-state index contributed by atoms with van der Waals surface area (Å²) in [6, 6.07) is 0.241. The molecule has 2 N–H and O–H groups in total. The zero-order valence-corrected chi connectivity index (χ0v) is 9.57. The summed E-state index contributed by atoms with van der Waals surface area (Å²) in [6.45, 7) is 1.24. The molecule has 1 rings (SSSR count). The van der Waals surface area contributed by atoms with Gasteiger partial charge in [0.05, 0.1) is 0 Å². The summed E-state index contributed by atoms with van der Waals surface area (Å²) < 4.78 is 4.90. The molecule has 1 atom stereocenters. The Morgan fingerprint density at radius 1 is 1.38 bits per heavy atom. The fourth-order valence-corrected chi connectivity index (χ4v) is 1.79. The molecule has 0 saturated heterocycles. The number of rotatable bonds is 5. The molecule has 0 aromatic rings. The van der Waals surface area contributed by atoms with Crippen LogP contribution in [0.3, 0.4) is 0 Å². The molecule has 0 aromatic heterocycles. The molecule has 1 unspecified atom stereocenters. The molecule has 1 aliphatic rings. The minimum Gasteiger partial charge on any atom is -0.479 e. The Morgan fingerprint density at radius 2 is 2.00 bits per heavy atom. The SMILES string of the molecule is CC(OCC(=O)NC1CCCCC1)C(=O)O. The molecule has 0 bridgehead atoms. The van der Waals surface area contributed by atoms with Crippen LogP contribution in [0.15, 0.2) is 0 Å². The monoisotopic (exact) mass is 229 g/mol. The van der Waals surface area contributed by atoms with Crippen molar-refractivity contribution < 1.29 is 19.4 Å². The quantitative estimate of drug-likeness (QED) is 0.735. The number of carboxylic acid groups (broad SMARTS) is 1. The normalized spacial score (nSPS) is 19.1. The second-order valence-electron chi connectivity index (χ2n) is 4.19. The highest BCUT2D eigenvalue weighted by atomic mass is 16.5. The number of hydrogen-bond donors (Lipinski definition) is 2. The first-order valence-corrected chi connectivity index (χ1v) is 5.73. The molecular weight excluding hydrogens is 210 g/mol. The van der Waals surface area contributed by atoms with Gasteiger partial charge < -0.3 is 15.2 Å². The van der Waals surface area contributed by atoms with E-state index in [2.05, 4.69) is 5.32 Å². The van der Waals surface area contributed by atoms with Gasteiger partial charge in [-0.3, -0.25) is 4.79 Å². The van der Waals surface area contributed by atoms with E-state index in [4.69, 9.17) is 9.84 Å². The largest absolute Gasteiger partial charge is 0.479 e. The predicted molar refractivity (Wildman–Crippen MR) is 58.1 cm³/mol. The van der Waals surface area contributed by atoms with Crippen LogP contribution < -0.4 is 5.32 Å². The molecule has 0 aliphatic heterocycles. The average Bonchev–Trinajstić information content (AvgIpc) is 2.27. The summed E-state index contributed by atoms with van der Waals surface area (Å²) >= 11 is 0. The fraction of sp³-hybridized carbons (Fsp3) is 0.818. The number of carbonyl (C=O) groups excluding carboxylic acids is 1. The van der Waals surface area contributed by atoms with Gasteiger partial charge in [-0.05, 0) is 19.8 Å². The number of hydrogen-bond acceptors (Lipinski definition) is 3. The van der Waals surface area contributed by atoms with E-state index in [1.165, 1.54) is 13.3 Å². The van der Waals surface area contributed by atoms with E-state index in [1.807, 2.05) is 0 Å². The Morgan fingerprint density at radius 3 is 2.56 bits per heavy atom. The van der Waals surface area contributed by atoms with E-state index < -0.39 is 12.1 Å². The zero-order valence-electron chi connectivity index (χ0n) is 9.57. The first kappa shape index (κ1) is 13.0. The van der Waals surface area contributed by atoms with Crippen LogP contribution in [0.1, 0.15) is 39.0 Å². The molecule has 1 saturated carbocycles. The van der Waals surface area contributed by atoms with Crippen molar-refractivity contribution in [3.05, 3.63) is 0 Å². The highest BCUT2D eigenvalue weighted by Gasteiger charge is 2.17. The van der Waals surface area contributed by atoms with Crippen LogP contribution in [-0.4, -0.2) is 35.7 Å². The lowest BCUT2D eigenvalue weighted by molar-refractivity contribution is -0.150. The van der Waals surface area contributed by atoms with Crippen LogP contribution >= 0.6 is 0 Å². The summed E-state index contributed by atoms with van der Waals surface area (Å²) in [5.41, 5.74) is 0. The first-order valence-electron chi connectivity index (χ1n) is 5.73. The van der Waals surface area contributed by atoms with Gasteiger partial charge in [-0.25, -0.2) is 4.79 Å². The molecule has 16 heavy (non-hydrogen) atoms. The Bertz CT molecular complexity index is 248. The van der Waals surface area contributed by atoms with Crippen molar-refractivity contribution in [2.45, 2.75) is 51.2 Å². The van der Waals surface area contributed by atoms with Crippen molar-refractivity contribution in [2.24, 2.45) is 0 Å². The van der Waals surface area contributed by atoms with Crippen LogP contribution in [0.25, 0.3) is 0 Å². The van der Waals surface area contributed by atoms with Gasteiger partial charge in [0.2, 0.25) is 5.91 Å².